The van der Waals surface area contributed by atoms with E-state index in [-0.39, 0.29) is 0 Å². The van der Waals surface area contributed by atoms with Crippen LogP contribution < -0.4 is 0 Å². The van der Waals surface area contributed by atoms with Gasteiger partial charge in [0.15, 0.2) is 0 Å². The smallest absolute Gasteiger partial charge is 0.110 e. The zero-order chi connectivity index (χ0) is 6.10. The molecule has 9 heavy (non-hydrogen) atoms. The second-order valence-electron chi connectivity index (χ2n) is 2.86. The van der Waals surface area contributed by atoms with Crippen molar-refractivity contribution < 1.29 is 4.74 Å². The van der Waals surface area contributed by atoms with E-state index >= 15 is 0 Å². The summed E-state index contributed by atoms with van der Waals surface area (Å²) < 4.78 is 5.48. The fourth-order valence-electron chi connectivity index (χ4n) is 1.71. The molecule has 2 nitrogen and oxygen atoms in total. The van der Waals surface area contributed by atoms with E-state index in [0.717, 1.165) is 6.61 Å². The van der Waals surface area contributed by atoms with Gasteiger partial charge in [0.1, 0.15) is 6.23 Å². The normalized spacial score (nSPS) is 36.7. The van der Waals surface area contributed by atoms with Gasteiger partial charge in [0, 0.05) is 13.1 Å². The lowest BCUT2D eigenvalue weighted by Crippen LogP contribution is -2.34. The molecule has 1 atom stereocenters. The average molecular weight is 127 g/mol. The molecule has 0 spiro atoms. The van der Waals surface area contributed by atoms with Crippen LogP contribution in [-0.4, -0.2) is 30.8 Å². The largest absolute Gasteiger partial charge is 0.362 e. The first-order valence-corrected chi connectivity index (χ1v) is 3.82. The van der Waals surface area contributed by atoms with E-state index in [1.165, 1.54) is 32.4 Å². The van der Waals surface area contributed by atoms with Gasteiger partial charge in [0.25, 0.3) is 0 Å². The van der Waals surface area contributed by atoms with Gasteiger partial charge in [0.2, 0.25) is 0 Å². The Kier molecular flexibility index (Phi) is 1.44. The fraction of sp³-hybridized carbons (Fsp3) is 1.00. The van der Waals surface area contributed by atoms with Crippen molar-refractivity contribution in [2.75, 3.05) is 19.7 Å². The Morgan fingerprint density at radius 3 is 3.11 bits per heavy atom. The average Bonchev–Trinajstić information content (AvgIpc) is 2.33. The zero-order valence-electron chi connectivity index (χ0n) is 5.68. The third-order valence-corrected chi connectivity index (χ3v) is 2.24. The van der Waals surface area contributed by atoms with E-state index in [0.29, 0.717) is 6.23 Å². The molecule has 0 aliphatic carbocycles. The van der Waals surface area contributed by atoms with Gasteiger partial charge in [-0.3, -0.25) is 4.90 Å². The van der Waals surface area contributed by atoms with Crippen LogP contribution in [0.2, 0.25) is 0 Å². The summed E-state index contributed by atoms with van der Waals surface area (Å²) in [5, 5.41) is 0. The third-order valence-electron chi connectivity index (χ3n) is 2.24. The molecule has 2 heteroatoms. The van der Waals surface area contributed by atoms with E-state index in [9.17, 15) is 0 Å². The molecule has 2 aliphatic rings. The molecule has 0 aromatic rings. The van der Waals surface area contributed by atoms with E-state index in [1.54, 1.807) is 0 Å². The van der Waals surface area contributed by atoms with Crippen LogP contribution in [0.3, 0.4) is 0 Å². The lowest BCUT2D eigenvalue weighted by atomic mass is 10.1. The van der Waals surface area contributed by atoms with Crippen molar-refractivity contribution in [1.29, 1.82) is 0 Å². The maximum absolute atomic E-state index is 5.48. The molecule has 0 aromatic heterocycles. The van der Waals surface area contributed by atoms with Gasteiger partial charge in [-0.05, 0) is 19.3 Å². The first-order valence-electron chi connectivity index (χ1n) is 3.82. The van der Waals surface area contributed by atoms with E-state index in [2.05, 4.69) is 4.90 Å². The summed E-state index contributed by atoms with van der Waals surface area (Å²) >= 11 is 0. The highest BCUT2D eigenvalue weighted by Crippen LogP contribution is 2.21. The van der Waals surface area contributed by atoms with Crippen molar-refractivity contribution in [3.8, 4) is 0 Å². The maximum atomic E-state index is 5.48. The molecular weight excluding hydrogens is 114 g/mol. The van der Waals surface area contributed by atoms with Crippen molar-refractivity contribution in [3.63, 3.8) is 0 Å². The van der Waals surface area contributed by atoms with E-state index in [1.807, 2.05) is 0 Å². The van der Waals surface area contributed by atoms with Gasteiger partial charge < -0.3 is 4.74 Å². The van der Waals surface area contributed by atoms with Crippen molar-refractivity contribution in [2.24, 2.45) is 0 Å². The summed E-state index contributed by atoms with van der Waals surface area (Å²) in [6.07, 6.45) is 4.50. The SMILES string of the molecule is C1CCN2CCOC2C1. The minimum absolute atomic E-state index is 0.499. The summed E-state index contributed by atoms with van der Waals surface area (Å²) in [5.41, 5.74) is 0. The molecule has 1 unspecified atom stereocenters. The van der Waals surface area contributed by atoms with E-state index in [4.69, 9.17) is 4.74 Å². The molecule has 0 saturated carbocycles. The van der Waals surface area contributed by atoms with Crippen LogP contribution in [0.4, 0.5) is 0 Å². The fourth-order valence-corrected chi connectivity index (χ4v) is 1.71. The molecule has 2 saturated heterocycles. The van der Waals surface area contributed by atoms with Gasteiger partial charge in [0.05, 0.1) is 6.61 Å². The molecule has 0 aromatic carbocycles. The van der Waals surface area contributed by atoms with Crippen molar-refractivity contribution in [3.05, 3.63) is 0 Å². The Balaban J connectivity index is 1.97. The second kappa shape index (κ2) is 2.27. The van der Waals surface area contributed by atoms with Gasteiger partial charge in [-0.1, -0.05) is 0 Å². The highest BCUT2D eigenvalue weighted by atomic mass is 16.5. The van der Waals surface area contributed by atoms with Crippen molar-refractivity contribution >= 4 is 0 Å². The minimum atomic E-state index is 0.499. The molecular formula is C7H13NO. The predicted octanol–water partition coefficient (Wildman–Crippen LogP) is 0.829. The van der Waals surface area contributed by atoms with Crippen LogP contribution >= 0.6 is 0 Å². The summed E-state index contributed by atoms with van der Waals surface area (Å²) in [6.45, 7) is 3.40. The van der Waals surface area contributed by atoms with E-state index < -0.39 is 0 Å². The molecule has 0 amide bonds. The number of nitrogens with zero attached hydrogens (tertiary/aromatic N) is 1. The number of fused-ring (bicyclic) bond motifs is 1. The highest BCUT2D eigenvalue weighted by Gasteiger charge is 2.26. The Morgan fingerprint density at radius 1 is 1.22 bits per heavy atom. The van der Waals surface area contributed by atoms with Gasteiger partial charge >= 0.3 is 0 Å². The Bertz CT molecular complexity index is 93.1. The standard InChI is InChI=1S/C7H13NO/c1-2-4-8-5-6-9-7(8)3-1/h7H,1-6H2. The maximum Gasteiger partial charge on any atom is 0.110 e. The van der Waals surface area contributed by atoms with Gasteiger partial charge in [-0.15, -0.1) is 0 Å². The summed E-state index contributed by atoms with van der Waals surface area (Å²) in [7, 11) is 0. The monoisotopic (exact) mass is 127 g/mol. The Morgan fingerprint density at radius 2 is 2.22 bits per heavy atom. The van der Waals surface area contributed by atoms with Gasteiger partial charge in [-0.25, -0.2) is 0 Å². The first kappa shape index (κ1) is 5.69. The van der Waals surface area contributed by atoms with Crippen LogP contribution in [0.1, 0.15) is 19.3 Å². The molecule has 0 radical (unpaired) electrons. The molecule has 2 aliphatic heterocycles. The van der Waals surface area contributed by atoms with Crippen LogP contribution in [-0.2, 0) is 4.74 Å². The summed E-state index contributed by atoms with van der Waals surface area (Å²) in [5.74, 6) is 0. The molecule has 52 valence electrons. The summed E-state index contributed by atoms with van der Waals surface area (Å²) in [6, 6.07) is 0. The van der Waals surface area contributed by atoms with Crippen molar-refractivity contribution in [1.82, 2.24) is 4.90 Å². The predicted molar refractivity (Wildman–Crippen MR) is 35.2 cm³/mol. The van der Waals surface area contributed by atoms with Crippen molar-refractivity contribution in [2.45, 2.75) is 25.5 Å². The highest BCUT2D eigenvalue weighted by molar-refractivity contribution is 4.73. The molecule has 2 rings (SSSR count). The van der Waals surface area contributed by atoms with Crippen LogP contribution in [0.5, 0.6) is 0 Å². The quantitative estimate of drug-likeness (QED) is 0.478. The lowest BCUT2D eigenvalue weighted by molar-refractivity contribution is 0.00844. The number of ether oxygens (including phenoxy) is 1. The van der Waals surface area contributed by atoms with Gasteiger partial charge in [-0.2, -0.15) is 0 Å². The number of rotatable bonds is 0. The molecule has 0 N–H and O–H groups in total. The minimum Gasteiger partial charge on any atom is -0.362 e. The van der Waals surface area contributed by atoms with Crippen LogP contribution in [0.25, 0.3) is 0 Å². The third kappa shape index (κ3) is 0.970. The van der Waals surface area contributed by atoms with Crippen LogP contribution in [0, 0.1) is 0 Å². The van der Waals surface area contributed by atoms with Crippen LogP contribution in [0.15, 0.2) is 0 Å². The Hall–Kier alpha value is -0.0800. The molecule has 2 fully saturated rings. The summed E-state index contributed by atoms with van der Waals surface area (Å²) in [4.78, 5) is 2.45. The first-order chi connectivity index (χ1) is 4.47. The number of piperidine rings is 1. The zero-order valence-corrected chi connectivity index (χ0v) is 5.68. The molecule has 0 bridgehead atoms. The Labute approximate surface area is 55.8 Å². The number of hydrogen-bond acceptors (Lipinski definition) is 2. The topological polar surface area (TPSA) is 12.5 Å². The second-order valence-corrected chi connectivity index (χ2v) is 2.86. The number of hydrogen-bond donors (Lipinski definition) is 0. The molecule has 2 heterocycles. The lowest BCUT2D eigenvalue weighted by Gasteiger charge is -2.27.